The highest BCUT2D eigenvalue weighted by Crippen LogP contribution is 2.44. The zero-order chi connectivity index (χ0) is 23.4. The Labute approximate surface area is 190 Å². The molecular weight excluding hydrogens is 446 g/mol. The predicted octanol–water partition coefficient (Wildman–Crippen LogP) is 4.56. The molecule has 0 amide bonds. The third-order valence-electron chi connectivity index (χ3n) is 5.58. The van der Waals surface area contributed by atoms with E-state index in [1.54, 1.807) is 43.3 Å². The number of fused-ring (bicyclic) bond motifs is 2. The Bertz CT molecular complexity index is 1620. The number of halogens is 2. The van der Waals surface area contributed by atoms with Gasteiger partial charge in [-0.05, 0) is 42.0 Å². The predicted molar refractivity (Wildman–Crippen MR) is 118 cm³/mol. The molecule has 0 aliphatic carbocycles. The molecule has 2 aromatic heterocycles. The number of nitrogens with one attached hydrogen (secondary N) is 2. The molecule has 1 unspecified atom stereocenters. The molecule has 0 saturated carbocycles. The van der Waals surface area contributed by atoms with E-state index in [0.717, 1.165) is 6.07 Å². The molecule has 1 aliphatic rings. The van der Waals surface area contributed by atoms with Crippen LogP contribution in [-0.4, -0.2) is 26.4 Å². The van der Waals surface area contributed by atoms with E-state index in [2.05, 4.69) is 24.6 Å². The summed E-state index contributed by atoms with van der Waals surface area (Å²) in [7, 11) is 0. The number of nitrogens with zero attached hydrogens (tertiary/aromatic N) is 2. The van der Waals surface area contributed by atoms with Crippen molar-refractivity contribution in [2.75, 3.05) is 0 Å². The molecule has 0 bridgehead atoms. The highest BCUT2D eigenvalue weighted by Gasteiger charge is 2.25. The van der Waals surface area contributed by atoms with Crippen LogP contribution in [0, 0.1) is 11.6 Å². The maximum Gasteiger partial charge on any atom is 0.439 e. The fraction of sp³-hybridized carbons (Fsp3) is 0.125. The molecule has 10 heteroatoms. The molecular formula is C24H16F2N4O4. The monoisotopic (exact) mass is 462 g/mol. The molecule has 3 aromatic carbocycles. The summed E-state index contributed by atoms with van der Waals surface area (Å²) < 4.78 is 45.8. The number of aromatic nitrogens is 4. The van der Waals surface area contributed by atoms with Crippen molar-refractivity contribution < 1.29 is 22.8 Å². The van der Waals surface area contributed by atoms with Gasteiger partial charge in [0.2, 0.25) is 6.29 Å². The first kappa shape index (κ1) is 20.2. The molecule has 0 fully saturated rings. The maximum atomic E-state index is 15.1. The zero-order valence-corrected chi connectivity index (χ0v) is 17.7. The van der Waals surface area contributed by atoms with E-state index >= 15 is 8.78 Å². The van der Waals surface area contributed by atoms with Crippen molar-refractivity contribution >= 4 is 11.0 Å². The largest absolute Gasteiger partial charge is 0.451 e. The summed E-state index contributed by atoms with van der Waals surface area (Å²) in [6.45, 7) is 1.73. The van der Waals surface area contributed by atoms with E-state index in [1.807, 2.05) is 0 Å². The van der Waals surface area contributed by atoms with Gasteiger partial charge in [-0.3, -0.25) is 9.51 Å². The van der Waals surface area contributed by atoms with Crippen LogP contribution in [0.4, 0.5) is 8.78 Å². The Kier molecular flexibility index (Phi) is 4.47. The molecule has 8 nitrogen and oxygen atoms in total. The Hall–Kier alpha value is -4.47. The van der Waals surface area contributed by atoms with Gasteiger partial charge < -0.3 is 14.5 Å². The molecule has 0 spiro atoms. The van der Waals surface area contributed by atoms with Crippen molar-refractivity contribution in [3.8, 4) is 34.0 Å². The second-order valence-corrected chi connectivity index (χ2v) is 7.90. The molecule has 170 valence electrons. The molecule has 2 N–H and O–H groups in total. The van der Waals surface area contributed by atoms with Crippen LogP contribution in [0.25, 0.3) is 33.5 Å². The number of hydrogen-bond donors (Lipinski definition) is 2. The molecule has 1 aliphatic heterocycles. The van der Waals surface area contributed by atoms with Crippen LogP contribution in [0.15, 0.2) is 57.8 Å². The lowest BCUT2D eigenvalue weighted by Crippen LogP contribution is -2.11. The molecule has 3 heterocycles. The molecule has 6 rings (SSSR count). The first-order valence-electron chi connectivity index (χ1n) is 10.4. The lowest BCUT2D eigenvalue weighted by Gasteiger charge is -2.10. The lowest BCUT2D eigenvalue weighted by molar-refractivity contribution is 0.0681. The van der Waals surface area contributed by atoms with E-state index in [4.69, 9.17) is 9.47 Å². The minimum Gasteiger partial charge on any atom is -0.451 e. The fourth-order valence-electron chi connectivity index (χ4n) is 4.07. The topological polar surface area (TPSA) is 106 Å². The Morgan fingerprint density at radius 3 is 2.71 bits per heavy atom. The Balaban J connectivity index is 1.32. The van der Waals surface area contributed by atoms with Gasteiger partial charge in [0.05, 0.1) is 11.0 Å². The number of para-hydroxylation sites is 1. The normalized spacial score (nSPS) is 14.7. The zero-order valence-electron chi connectivity index (χ0n) is 17.7. The SMILES string of the molecule is CC1Oc2cccc(-c3cc(F)c(Cc4nc5ccc(-c6noc(=O)[nH]6)cc5[nH]4)cc3F)c2O1. The summed E-state index contributed by atoms with van der Waals surface area (Å²) in [4.78, 5) is 21.2. The van der Waals surface area contributed by atoms with E-state index in [9.17, 15) is 4.79 Å². The highest BCUT2D eigenvalue weighted by atomic mass is 19.1. The standard InChI is InChI=1S/C24H16F2N4O4/c1-11-32-20-4-2-3-14(22(20)33-11)15-10-16(25)13(7-17(15)26)9-21-27-18-6-5-12(8-19(18)28-21)23-29-24(31)34-30-23/h2-8,10-11H,9H2,1H3,(H,27,28)(H,29,30,31). The van der Waals surface area contributed by atoms with Gasteiger partial charge in [-0.25, -0.2) is 18.6 Å². The average molecular weight is 462 g/mol. The molecule has 34 heavy (non-hydrogen) atoms. The quantitative estimate of drug-likeness (QED) is 0.406. The van der Waals surface area contributed by atoms with Crippen LogP contribution >= 0.6 is 0 Å². The van der Waals surface area contributed by atoms with Crippen LogP contribution in [0.2, 0.25) is 0 Å². The van der Waals surface area contributed by atoms with Gasteiger partial charge in [0.25, 0.3) is 0 Å². The van der Waals surface area contributed by atoms with Gasteiger partial charge in [0.1, 0.15) is 17.5 Å². The average Bonchev–Trinajstić information content (AvgIpc) is 3.52. The number of benzene rings is 3. The van der Waals surface area contributed by atoms with Gasteiger partial charge in [-0.15, -0.1) is 0 Å². The summed E-state index contributed by atoms with van der Waals surface area (Å²) in [5.74, 6) is -0.187. The number of ether oxygens (including phenoxy) is 2. The van der Waals surface area contributed by atoms with Crippen molar-refractivity contribution in [1.82, 2.24) is 20.1 Å². The van der Waals surface area contributed by atoms with Gasteiger partial charge in [0, 0.05) is 30.0 Å². The Morgan fingerprint density at radius 1 is 1.00 bits per heavy atom. The summed E-state index contributed by atoms with van der Waals surface area (Å²) in [5, 5.41) is 3.66. The molecule has 1 atom stereocenters. The third-order valence-corrected chi connectivity index (χ3v) is 5.58. The van der Waals surface area contributed by atoms with Crippen molar-refractivity contribution in [3.63, 3.8) is 0 Å². The number of H-pyrrole nitrogens is 2. The molecule has 0 saturated heterocycles. The van der Waals surface area contributed by atoms with Crippen molar-refractivity contribution in [2.45, 2.75) is 19.6 Å². The van der Waals surface area contributed by atoms with Gasteiger partial charge in [0.15, 0.2) is 17.3 Å². The number of imidazole rings is 1. The van der Waals surface area contributed by atoms with Crippen molar-refractivity contribution in [1.29, 1.82) is 0 Å². The van der Waals surface area contributed by atoms with E-state index in [1.165, 1.54) is 6.07 Å². The van der Waals surface area contributed by atoms with Crippen LogP contribution in [-0.2, 0) is 6.42 Å². The van der Waals surface area contributed by atoms with E-state index < -0.39 is 23.7 Å². The smallest absolute Gasteiger partial charge is 0.439 e. The van der Waals surface area contributed by atoms with Crippen LogP contribution in [0.1, 0.15) is 18.3 Å². The number of rotatable bonds is 4. The van der Waals surface area contributed by atoms with E-state index in [-0.39, 0.29) is 23.4 Å². The van der Waals surface area contributed by atoms with E-state index in [0.29, 0.717) is 39.5 Å². The minimum absolute atomic E-state index is 0.0530. The van der Waals surface area contributed by atoms with Crippen molar-refractivity contribution in [2.24, 2.45) is 0 Å². The summed E-state index contributed by atoms with van der Waals surface area (Å²) in [6, 6.07) is 12.6. The Morgan fingerprint density at radius 2 is 1.88 bits per heavy atom. The van der Waals surface area contributed by atoms with Gasteiger partial charge >= 0.3 is 5.76 Å². The van der Waals surface area contributed by atoms with Gasteiger partial charge in [-0.2, -0.15) is 0 Å². The number of aromatic amines is 2. The first-order chi connectivity index (χ1) is 16.4. The summed E-state index contributed by atoms with van der Waals surface area (Å²) in [5.41, 5.74) is 2.57. The van der Waals surface area contributed by atoms with Gasteiger partial charge in [-0.1, -0.05) is 17.3 Å². The highest BCUT2D eigenvalue weighted by molar-refractivity contribution is 5.80. The second-order valence-electron chi connectivity index (χ2n) is 7.90. The van der Waals surface area contributed by atoms with Crippen LogP contribution < -0.4 is 15.2 Å². The van der Waals surface area contributed by atoms with Crippen LogP contribution in [0.3, 0.4) is 0 Å². The maximum absolute atomic E-state index is 15.1. The molecule has 5 aromatic rings. The summed E-state index contributed by atoms with van der Waals surface area (Å²) in [6.07, 6.45) is -0.446. The third kappa shape index (κ3) is 3.40. The summed E-state index contributed by atoms with van der Waals surface area (Å²) >= 11 is 0. The minimum atomic E-state index is -0.657. The second kappa shape index (κ2) is 7.55. The number of hydrogen-bond acceptors (Lipinski definition) is 6. The van der Waals surface area contributed by atoms with Crippen LogP contribution in [0.5, 0.6) is 11.5 Å². The van der Waals surface area contributed by atoms with Crippen molar-refractivity contribution in [3.05, 3.63) is 82.1 Å². The lowest BCUT2D eigenvalue weighted by atomic mass is 10.00. The molecule has 0 radical (unpaired) electrons. The fourth-order valence-corrected chi connectivity index (χ4v) is 4.07. The first-order valence-corrected chi connectivity index (χ1v) is 10.4.